The molecule has 0 unspecified atom stereocenters. The van der Waals surface area contributed by atoms with Gasteiger partial charge in [-0.1, -0.05) is 12.1 Å². The van der Waals surface area contributed by atoms with Crippen LogP contribution < -0.4 is 4.74 Å². The third-order valence-electron chi connectivity index (χ3n) is 4.78. The Morgan fingerprint density at radius 1 is 1.06 bits per heavy atom. The van der Waals surface area contributed by atoms with Gasteiger partial charge in [0, 0.05) is 38.3 Å². The zero-order chi connectivity index (χ0) is 23.5. The number of nitrogens with zero attached hydrogens (tertiary/aromatic N) is 3. The molecule has 0 saturated carbocycles. The predicted octanol–water partition coefficient (Wildman–Crippen LogP) is 2.53. The Morgan fingerprint density at radius 2 is 1.72 bits per heavy atom. The summed E-state index contributed by atoms with van der Waals surface area (Å²) in [6, 6.07) is 8.81. The molecule has 1 fully saturated rings. The Morgan fingerprint density at radius 3 is 2.34 bits per heavy atom. The van der Waals surface area contributed by atoms with Crippen molar-refractivity contribution in [1.82, 2.24) is 9.21 Å². The smallest absolute Gasteiger partial charge is 0.416 e. The number of ether oxygens (including phenoxy) is 1. The molecular formula is C19H18F3N3O6S. The first-order valence-electron chi connectivity index (χ1n) is 9.31. The van der Waals surface area contributed by atoms with Crippen molar-refractivity contribution in [2.75, 3.05) is 32.8 Å². The summed E-state index contributed by atoms with van der Waals surface area (Å²) >= 11 is 0. The van der Waals surface area contributed by atoms with E-state index in [0.29, 0.717) is 0 Å². The average Bonchev–Trinajstić information content (AvgIpc) is 2.77. The minimum absolute atomic E-state index is 0.0406. The Hall–Kier alpha value is -3.19. The van der Waals surface area contributed by atoms with Crippen LogP contribution in [-0.2, 0) is 21.0 Å². The highest BCUT2D eigenvalue weighted by Crippen LogP contribution is 2.31. The fourth-order valence-corrected chi connectivity index (χ4v) is 4.55. The Bertz CT molecular complexity index is 1120. The molecule has 1 heterocycles. The van der Waals surface area contributed by atoms with Gasteiger partial charge in [-0.05, 0) is 24.3 Å². The molecule has 0 bridgehead atoms. The summed E-state index contributed by atoms with van der Waals surface area (Å²) in [5.74, 6) is -0.616. The molecule has 172 valence electrons. The number of carbonyl (C=O) groups excluding carboxylic acids is 1. The van der Waals surface area contributed by atoms with Crippen LogP contribution in [0.5, 0.6) is 5.75 Å². The lowest BCUT2D eigenvalue weighted by molar-refractivity contribution is -0.385. The van der Waals surface area contributed by atoms with Gasteiger partial charge in [0.2, 0.25) is 10.0 Å². The number of sulfonamides is 1. The minimum Gasteiger partial charge on any atom is -0.484 e. The number of non-ortho nitro benzene ring substituents is 1. The van der Waals surface area contributed by atoms with Crippen molar-refractivity contribution < 1.29 is 36.0 Å². The van der Waals surface area contributed by atoms with E-state index in [1.54, 1.807) is 0 Å². The van der Waals surface area contributed by atoms with Crippen molar-refractivity contribution in [2.24, 2.45) is 0 Å². The minimum atomic E-state index is -4.54. The molecule has 0 aliphatic carbocycles. The molecule has 1 saturated heterocycles. The van der Waals surface area contributed by atoms with Crippen LogP contribution in [0, 0.1) is 10.1 Å². The summed E-state index contributed by atoms with van der Waals surface area (Å²) in [7, 11) is -3.99. The molecule has 1 aliphatic heterocycles. The summed E-state index contributed by atoms with van der Waals surface area (Å²) in [4.78, 5) is 23.6. The lowest BCUT2D eigenvalue weighted by Crippen LogP contribution is -2.51. The fourth-order valence-electron chi connectivity index (χ4n) is 3.08. The number of rotatable bonds is 6. The number of benzene rings is 2. The maximum atomic E-state index is 12.8. The summed E-state index contributed by atoms with van der Waals surface area (Å²) in [5.41, 5.74) is -1.26. The highest BCUT2D eigenvalue weighted by atomic mass is 32.2. The number of halogens is 3. The van der Waals surface area contributed by atoms with E-state index < -0.39 is 39.2 Å². The average molecular weight is 473 g/mol. The van der Waals surface area contributed by atoms with E-state index in [-0.39, 0.29) is 42.5 Å². The standard InChI is InChI=1S/C19H18F3N3O6S/c20-19(21,22)14-3-1-5-16(11-14)31-13-18(26)23-7-9-24(10-8-23)32(29,30)17-6-2-4-15(12-17)25(27)28/h1-6,11-12H,7-10,13H2. The van der Waals surface area contributed by atoms with Crippen LogP contribution in [0.4, 0.5) is 18.9 Å². The Labute approximate surface area is 181 Å². The van der Waals surface area contributed by atoms with E-state index in [2.05, 4.69) is 0 Å². The lowest BCUT2D eigenvalue weighted by atomic mass is 10.2. The van der Waals surface area contributed by atoms with Crippen LogP contribution in [0.15, 0.2) is 53.4 Å². The highest BCUT2D eigenvalue weighted by molar-refractivity contribution is 7.89. The molecule has 0 N–H and O–H groups in total. The zero-order valence-corrected chi connectivity index (χ0v) is 17.3. The second-order valence-corrected chi connectivity index (χ2v) is 8.79. The zero-order valence-electron chi connectivity index (χ0n) is 16.5. The van der Waals surface area contributed by atoms with E-state index >= 15 is 0 Å². The van der Waals surface area contributed by atoms with Gasteiger partial charge in [-0.3, -0.25) is 14.9 Å². The van der Waals surface area contributed by atoms with Crippen molar-refractivity contribution >= 4 is 21.6 Å². The van der Waals surface area contributed by atoms with E-state index in [1.165, 1.54) is 35.2 Å². The second-order valence-electron chi connectivity index (χ2n) is 6.85. The van der Waals surface area contributed by atoms with Gasteiger partial charge in [-0.15, -0.1) is 0 Å². The van der Waals surface area contributed by atoms with Gasteiger partial charge >= 0.3 is 6.18 Å². The molecule has 9 nitrogen and oxygen atoms in total. The SMILES string of the molecule is O=C(COc1cccc(C(F)(F)F)c1)N1CCN(S(=O)(=O)c2cccc([N+](=O)[O-])c2)CC1. The Kier molecular flexibility index (Phi) is 6.69. The molecule has 0 spiro atoms. The molecule has 0 radical (unpaired) electrons. The lowest BCUT2D eigenvalue weighted by Gasteiger charge is -2.33. The number of hydrogen-bond acceptors (Lipinski definition) is 6. The summed E-state index contributed by atoms with van der Waals surface area (Å²) in [6.45, 7) is -0.503. The molecule has 3 rings (SSSR count). The largest absolute Gasteiger partial charge is 0.484 e. The first-order chi connectivity index (χ1) is 15.0. The van der Waals surface area contributed by atoms with Crippen molar-refractivity contribution in [3.8, 4) is 5.75 Å². The van der Waals surface area contributed by atoms with Gasteiger partial charge in [0.05, 0.1) is 15.4 Å². The number of carbonyl (C=O) groups is 1. The van der Waals surface area contributed by atoms with E-state index in [9.17, 15) is 36.5 Å². The topological polar surface area (TPSA) is 110 Å². The van der Waals surface area contributed by atoms with E-state index in [1.807, 2.05) is 0 Å². The molecule has 2 aromatic carbocycles. The van der Waals surface area contributed by atoms with Gasteiger partial charge in [-0.2, -0.15) is 17.5 Å². The fraction of sp³-hybridized carbons (Fsp3) is 0.316. The van der Waals surface area contributed by atoms with Crippen LogP contribution in [-0.4, -0.2) is 61.2 Å². The molecule has 2 aromatic rings. The molecule has 1 aliphatic rings. The third-order valence-corrected chi connectivity index (χ3v) is 6.68. The van der Waals surface area contributed by atoms with Gasteiger partial charge in [-0.25, -0.2) is 8.42 Å². The highest BCUT2D eigenvalue weighted by Gasteiger charge is 2.32. The molecule has 0 atom stereocenters. The maximum absolute atomic E-state index is 12.8. The summed E-state index contributed by atoms with van der Waals surface area (Å²) < 4.78 is 70.0. The number of piperazine rings is 1. The third kappa shape index (κ3) is 5.34. The number of nitro benzene ring substituents is 1. The van der Waals surface area contributed by atoms with Crippen LogP contribution >= 0.6 is 0 Å². The Balaban J connectivity index is 1.58. The maximum Gasteiger partial charge on any atom is 0.416 e. The predicted molar refractivity (Wildman–Crippen MR) is 105 cm³/mol. The molecule has 13 heteroatoms. The van der Waals surface area contributed by atoms with Crippen molar-refractivity contribution in [2.45, 2.75) is 11.1 Å². The number of amides is 1. The normalized spacial score (nSPS) is 15.4. The van der Waals surface area contributed by atoms with Crippen molar-refractivity contribution in [3.63, 3.8) is 0 Å². The van der Waals surface area contributed by atoms with Gasteiger partial charge in [0.15, 0.2) is 6.61 Å². The number of hydrogen-bond donors (Lipinski definition) is 0. The van der Waals surface area contributed by atoms with E-state index in [4.69, 9.17) is 4.74 Å². The first-order valence-corrected chi connectivity index (χ1v) is 10.7. The summed E-state index contributed by atoms with van der Waals surface area (Å²) in [6.07, 6.45) is -4.54. The van der Waals surface area contributed by atoms with E-state index in [0.717, 1.165) is 22.5 Å². The summed E-state index contributed by atoms with van der Waals surface area (Å²) in [5, 5.41) is 10.9. The number of alkyl halides is 3. The molecule has 32 heavy (non-hydrogen) atoms. The molecular weight excluding hydrogens is 455 g/mol. The van der Waals surface area contributed by atoms with Crippen LogP contribution in [0.25, 0.3) is 0 Å². The van der Waals surface area contributed by atoms with Gasteiger partial charge in [0.1, 0.15) is 5.75 Å². The van der Waals surface area contributed by atoms with Crippen LogP contribution in [0.2, 0.25) is 0 Å². The van der Waals surface area contributed by atoms with Crippen LogP contribution in [0.1, 0.15) is 5.56 Å². The monoisotopic (exact) mass is 473 g/mol. The van der Waals surface area contributed by atoms with Gasteiger partial charge in [0.25, 0.3) is 11.6 Å². The number of nitro groups is 1. The quantitative estimate of drug-likeness (QED) is 0.471. The molecule has 0 aromatic heterocycles. The van der Waals surface area contributed by atoms with Crippen molar-refractivity contribution in [3.05, 3.63) is 64.2 Å². The first kappa shape index (κ1) is 23.5. The van der Waals surface area contributed by atoms with Crippen LogP contribution in [0.3, 0.4) is 0 Å². The second kappa shape index (κ2) is 9.12. The van der Waals surface area contributed by atoms with Crippen molar-refractivity contribution in [1.29, 1.82) is 0 Å². The molecule has 1 amide bonds. The van der Waals surface area contributed by atoms with Gasteiger partial charge < -0.3 is 9.64 Å².